The molecule has 3 N–H and O–H groups in total. The van der Waals surface area contributed by atoms with Crippen molar-refractivity contribution in [3.63, 3.8) is 0 Å². The van der Waals surface area contributed by atoms with Crippen molar-refractivity contribution in [2.75, 3.05) is 6.54 Å². The lowest BCUT2D eigenvalue weighted by Crippen LogP contribution is -2.35. The highest BCUT2D eigenvalue weighted by atomic mass is 16.4. The maximum Gasteiger partial charge on any atom is 0.336 e. The van der Waals surface area contributed by atoms with Crippen molar-refractivity contribution >= 4 is 5.97 Å². The highest BCUT2D eigenvalue weighted by Crippen LogP contribution is 2.29. The number of pyridine rings is 1. The Hall–Kier alpha value is -1.62. The first-order valence-corrected chi connectivity index (χ1v) is 5.77. The van der Waals surface area contributed by atoms with Gasteiger partial charge in [0.1, 0.15) is 0 Å². The molecule has 5 nitrogen and oxygen atoms in total. The molecule has 2 rings (SSSR count). The predicted octanol–water partition coefficient (Wildman–Crippen LogP) is 0.929. The first kappa shape index (κ1) is 11.9. The lowest BCUT2D eigenvalue weighted by atomic mass is 9.85. The maximum atomic E-state index is 11.2. The average molecular weight is 236 g/mol. The van der Waals surface area contributed by atoms with Crippen LogP contribution in [0.25, 0.3) is 0 Å². The predicted molar refractivity (Wildman–Crippen MR) is 63.5 cm³/mol. The molecule has 1 aromatic heterocycles. The zero-order valence-electron chi connectivity index (χ0n) is 9.69. The minimum Gasteiger partial charge on any atom is -0.478 e. The van der Waals surface area contributed by atoms with Gasteiger partial charge in [-0.1, -0.05) is 0 Å². The third kappa shape index (κ3) is 2.55. The third-order valence-corrected chi connectivity index (χ3v) is 3.25. The minimum atomic E-state index is -1.03. The van der Waals surface area contributed by atoms with Gasteiger partial charge in [0.25, 0.3) is 0 Å². The summed E-state index contributed by atoms with van der Waals surface area (Å²) in [6.45, 7) is 2.96. The number of piperidine rings is 1. The van der Waals surface area contributed by atoms with Crippen LogP contribution in [0.1, 0.15) is 41.6 Å². The number of nitrogens with one attached hydrogen (secondary N) is 2. The smallest absolute Gasteiger partial charge is 0.336 e. The Morgan fingerprint density at radius 3 is 2.94 bits per heavy atom. The van der Waals surface area contributed by atoms with Crippen molar-refractivity contribution in [3.8, 4) is 0 Å². The largest absolute Gasteiger partial charge is 0.478 e. The molecular formula is C12H16N2O3. The Morgan fingerprint density at radius 1 is 1.53 bits per heavy atom. The molecule has 0 spiro atoms. The Bertz CT molecular complexity index is 481. The fourth-order valence-corrected chi connectivity index (χ4v) is 2.42. The van der Waals surface area contributed by atoms with Crippen LogP contribution in [-0.2, 0) is 0 Å². The zero-order valence-corrected chi connectivity index (χ0v) is 9.69. The molecule has 17 heavy (non-hydrogen) atoms. The number of carboxylic acids is 1. The van der Waals surface area contributed by atoms with Crippen LogP contribution in [0, 0.1) is 0 Å². The molecule has 2 atom stereocenters. The van der Waals surface area contributed by atoms with Gasteiger partial charge in [-0.05, 0) is 37.8 Å². The number of aromatic nitrogens is 1. The number of aromatic amines is 1. The number of hydrogen-bond acceptors (Lipinski definition) is 3. The summed E-state index contributed by atoms with van der Waals surface area (Å²) in [5.41, 5.74) is 0.506. The topological polar surface area (TPSA) is 82.2 Å². The summed E-state index contributed by atoms with van der Waals surface area (Å²) in [6.07, 6.45) is 3.34. The van der Waals surface area contributed by atoms with Crippen molar-refractivity contribution in [2.45, 2.75) is 31.7 Å². The van der Waals surface area contributed by atoms with E-state index in [-0.39, 0.29) is 17.0 Å². The second kappa shape index (κ2) is 4.71. The third-order valence-electron chi connectivity index (χ3n) is 3.25. The van der Waals surface area contributed by atoms with Crippen molar-refractivity contribution in [1.29, 1.82) is 0 Å². The van der Waals surface area contributed by atoms with E-state index >= 15 is 0 Å². The minimum absolute atomic E-state index is 0.132. The first-order chi connectivity index (χ1) is 8.08. The van der Waals surface area contributed by atoms with Crippen LogP contribution in [0.2, 0.25) is 0 Å². The summed E-state index contributed by atoms with van der Waals surface area (Å²) in [4.78, 5) is 24.9. The highest BCUT2D eigenvalue weighted by molar-refractivity contribution is 5.89. The van der Waals surface area contributed by atoms with Gasteiger partial charge in [0, 0.05) is 18.3 Å². The van der Waals surface area contributed by atoms with Crippen LogP contribution < -0.4 is 10.9 Å². The number of H-pyrrole nitrogens is 1. The molecule has 1 aromatic rings. The summed E-state index contributed by atoms with van der Waals surface area (Å²) in [5.74, 6) is -0.827. The van der Waals surface area contributed by atoms with E-state index in [0.29, 0.717) is 6.04 Å². The van der Waals surface area contributed by atoms with Gasteiger partial charge >= 0.3 is 5.97 Å². The van der Waals surface area contributed by atoms with Crippen LogP contribution >= 0.6 is 0 Å². The Labute approximate surface area is 98.9 Å². The number of rotatable bonds is 2. The fourth-order valence-electron chi connectivity index (χ4n) is 2.42. The average Bonchev–Trinajstić information content (AvgIpc) is 2.28. The Kier molecular flexibility index (Phi) is 3.28. The summed E-state index contributed by atoms with van der Waals surface area (Å²) in [6, 6.07) is 1.55. The van der Waals surface area contributed by atoms with Crippen molar-refractivity contribution in [1.82, 2.24) is 10.3 Å². The Balaban J connectivity index is 2.37. The van der Waals surface area contributed by atoms with Gasteiger partial charge < -0.3 is 15.4 Å². The summed E-state index contributed by atoms with van der Waals surface area (Å²) >= 11 is 0. The molecule has 2 unspecified atom stereocenters. The normalized spacial score (nSPS) is 24.5. The van der Waals surface area contributed by atoms with E-state index in [1.54, 1.807) is 6.20 Å². The van der Waals surface area contributed by atoms with Crippen LogP contribution in [0.4, 0.5) is 0 Å². The van der Waals surface area contributed by atoms with E-state index in [0.717, 1.165) is 24.9 Å². The van der Waals surface area contributed by atoms with Gasteiger partial charge in [-0.25, -0.2) is 4.79 Å². The number of carbonyl (C=O) groups is 1. The van der Waals surface area contributed by atoms with E-state index in [4.69, 9.17) is 5.11 Å². The van der Waals surface area contributed by atoms with Gasteiger partial charge in [-0.2, -0.15) is 0 Å². The van der Waals surface area contributed by atoms with Gasteiger partial charge in [-0.3, -0.25) is 4.79 Å². The second-order valence-corrected chi connectivity index (χ2v) is 4.55. The summed E-state index contributed by atoms with van der Waals surface area (Å²) in [5, 5.41) is 12.4. The summed E-state index contributed by atoms with van der Waals surface area (Å²) in [7, 11) is 0. The SMILES string of the molecule is CC1CC(c2c[nH]c(=O)cc2C(=O)O)CCN1. The lowest BCUT2D eigenvalue weighted by Gasteiger charge is -2.28. The van der Waals surface area contributed by atoms with Gasteiger partial charge in [0.2, 0.25) is 5.56 Å². The van der Waals surface area contributed by atoms with Crippen molar-refractivity contribution < 1.29 is 9.90 Å². The standard InChI is InChI=1S/C12H16N2O3/c1-7-4-8(2-3-13-7)10-6-14-11(15)5-9(10)12(16)17/h5-8,13H,2-4H2,1H3,(H,14,15)(H,16,17). The molecule has 0 bridgehead atoms. The molecular weight excluding hydrogens is 220 g/mol. The molecule has 0 aliphatic carbocycles. The van der Waals surface area contributed by atoms with E-state index in [1.165, 1.54) is 6.07 Å². The molecule has 1 aliphatic rings. The second-order valence-electron chi connectivity index (χ2n) is 4.55. The van der Waals surface area contributed by atoms with Crippen LogP contribution in [0.3, 0.4) is 0 Å². The monoisotopic (exact) mass is 236 g/mol. The van der Waals surface area contributed by atoms with Gasteiger partial charge in [0.15, 0.2) is 0 Å². The first-order valence-electron chi connectivity index (χ1n) is 5.77. The van der Waals surface area contributed by atoms with Crippen LogP contribution in [0.5, 0.6) is 0 Å². The molecule has 5 heteroatoms. The van der Waals surface area contributed by atoms with E-state index in [2.05, 4.69) is 17.2 Å². The number of hydrogen-bond donors (Lipinski definition) is 3. The van der Waals surface area contributed by atoms with E-state index in [9.17, 15) is 9.59 Å². The van der Waals surface area contributed by atoms with Crippen LogP contribution in [-0.4, -0.2) is 28.6 Å². The van der Waals surface area contributed by atoms with Crippen LogP contribution in [0.15, 0.2) is 17.1 Å². The van der Waals surface area contributed by atoms with Gasteiger partial charge in [-0.15, -0.1) is 0 Å². The quantitative estimate of drug-likeness (QED) is 0.713. The fraction of sp³-hybridized carbons (Fsp3) is 0.500. The molecule has 1 aliphatic heterocycles. The number of aromatic carboxylic acids is 1. The molecule has 1 saturated heterocycles. The van der Waals surface area contributed by atoms with E-state index < -0.39 is 5.97 Å². The zero-order chi connectivity index (χ0) is 12.4. The van der Waals surface area contributed by atoms with Crippen molar-refractivity contribution in [3.05, 3.63) is 33.7 Å². The molecule has 2 heterocycles. The molecule has 0 amide bonds. The maximum absolute atomic E-state index is 11.2. The Morgan fingerprint density at radius 2 is 2.29 bits per heavy atom. The molecule has 92 valence electrons. The van der Waals surface area contributed by atoms with Crippen molar-refractivity contribution in [2.24, 2.45) is 0 Å². The summed E-state index contributed by atoms with van der Waals surface area (Å²) < 4.78 is 0. The number of carboxylic acid groups (broad SMARTS) is 1. The highest BCUT2D eigenvalue weighted by Gasteiger charge is 2.24. The molecule has 1 fully saturated rings. The molecule has 0 radical (unpaired) electrons. The van der Waals surface area contributed by atoms with Gasteiger partial charge in [0.05, 0.1) is 5.56 Å². The molecule has 0 aromatic carbocycles. The van der Waals surface area contributed by atoms with E-state index in [1.807, 2.05) is 0 Å². The lowest BCUT2D eigenvalue weighted by molar-refractivity contribution is 0.0694. The molecule has 0 saturated carbocycles.